The number of carbonyl (C=O) groups excluding carboxylic acids is 1. The lowest BCUT2D eigenvalue weighted by Crippen LogP contribution is -2.13. The highest BCUT2D eigenvalue weighted by Crippen LogP contribution is 2.03. The molecule has 0 aliphatic rings. The van der Waals surface area contributed by atoms with Crippen LogP contribution in [-0.4, -0.2) is 18.1 Å². The summed E-state index contributed by atoms with van der Waals surface area (Å²) < 4.78 is 0. The topological polar surface area (TPSA) is 43.1 Å². The Labute approximate surface area is 88.9 Å². The molecule has 0 spiro atoms. The molecule has 3 heteroatoms. The molecule has 0 aromatic heterocycles. The summed E-state index contributed by atoms with van der Waals surface area (Å²) >= 11 is 3.97. The SMILES string of the molecule is NCC(=O)c1ccc(C#CCS)cc1. The molecule has 0 aliphatic carbocycles. The smallest absolute Gasteiger partial charge is 0.176 e. The molecule has 0 heterocycles. The van der Waals surface area contributed by atoms with Gasteiger partial charge in [-0.05, 0) is 12.1 Å². The molecule has 0 saturated carbocycles. The first kappa shape index (κ1) is 10.8. The second kappa shape index (κ2) is 5.48. The average molecular weight is 205 g/mol. The van der Waals surface area contributed by atoms with E-state index >= 15 is 0 Å². The zero-order valence-electron chi connectivity index (χ0n) is 7.66. The second-order valence-corrected chi connectivity index (χ2v) is 2.98. The molecule has 0 amide bonds. The number of carbonyl (C=O) groups is 1. The second-order valence-electron chi connectivity index (χ2n) is 2.66. The summed E-state index contributed by atoms with van der Waals surface area (Å²) in [6.07, 6.45) is 0. The van der Waals surface area contributed by atoms with Gasteiger partial charge in [-0.1, -0.05) is 24.0 Å². The molecule has 2 N–H and O–H groups in total. The summed E-state index contributed by atoms with van der Waals surface area (Å²) in [6.45, 7) is 0.0433. The summed E-state index contributed by atoms with van der Waals surface area (Å²) in [5.74, 6) is 6.22. The molecule has 0 fully saturated rings. The van der Waals surface area contributed by atoms with Crippen molar-refractivity contribution in [2.45, 2.75) is 0 Å². The first-order valence-corrected chi connectivity index (χ1v) is 4.84. The molecule has 0 bridgehead atoms. The number of rotatable bonds is 2. The number of benzene rings is 1. The van der Waals surface area contributed by atoms with Crippen LogP contribution in [0.2, 0.25) is 0 Å². The maximum absolute atomic E-state index is 11.2. The van der Waals surface area contributed by atoms with Crippen LogP contribution in [0.1, 0.15) is 15.9 Å². The summed E-state index contributed by atoms with van der Waals surface area (Å²) in [5.41, 5.74) is 6.75. The lowest BCUT2D eigenvalue weighted by Gasteiger charge is -1.96. The standard InChI is InChI=1S/C11H11NOS/c12-8-11(13)10-5-3-9(4-6-10)2-1-7-14/h3-6,14H,7-8,12H2. The molecule has 72 valence electrons. The number of nitrogens with two attached hydrogens (primary N) is 1. The van der Waals surface area contributed by atoms with Crippen molar-refractivity contribution in [3.8, 4) is 11.8 Å². The van der Waals surface area contributed by atoms with Gasteiger partial charge in [0.25, 0.3) is 0 Å². The van der Waals surface area contributed by atoms with E-state index in [4.69, 9.17) is 5.73 Å². The van der Waals surface area contributed by atoms with Gasteiger partial charge in [-0.2, -0.15) is 12.6 Å². The lowest BCUT2D eigenvalue weighted by atomic mass is 10.1. The molecule has 2 nitrogen and oxygen atoms in total. The lowest BCUT2D eigenvalue weighted by molar-refractivity contribution is 0.100. The Morgan fingerprint density at radius 1 is 1.36 bits per heavy atom. The molecule has 0 atom stereocenters. The highest BCUT2D eigenvalue weighted by Gasteiger charge is 2.01. The monoisotopic (exact) mass is 205 g/mol. The highest BCUT2D eigenvalue weighted by molar-refractivity contribution is 7.80. The van der Waals surface area contributed by atoms with E-state index in [9.17, 15) is 4.79 Å². The van der Waals surface area contributed by atoms with E-state index in [0.29, 0.717) is 11.3 Å². The Hall–Kier alpha value is -1.24. The first-order valence-electron chi connectivity index (χ1n) is 4.21. The average Bonchev–Trinajstić information content (AvgIpc) is 2.26. The van der Waals surface area contributed by atoms with Gasteiger partial charge in [0.2, 0.25) is 0 Å². The van der Waals surface area contributed by atoms with Gasteiger partial charge in [0.15, 0.2) is 5.78 Å². The Balaban J connectivity index is 2.83. The fourth-order valence-corrected chi connectivity index (χ4v) is 1.08. The van der Waals surface area contributed by atoms with Crippen molar-refractivity contribution in [3.63, 3.8) is 0 Å². The zero-order chi connectivity index (χ0) is 10.4. The van der Waals surface area contributed by atoms with Crippen LogP contribution < -0.4 is 5.73 Å². The van der Waals surface area contributed by atoms with Gasteiger partial charge >= 0.3 is 0 Å². The van der Waals surface area contributed by atoms with Gasteiger partial charge in [-0.3, -0.25) is 4.79 Å². The fourth-order valence-electron chi connectivity index (χ4n) is 0.999. The van der Waals surface area contributed by atoms with Crippen molar-refractivity contribution in [2.75, 3.05) is 12.3 Å². The third-order valence-corrected chi connectivity index (χ3v) is 1.86. The van der Waals surface area contributed by atoms with E-state index in [-0.39, 0.29) is 12.3 Å². The van der Waals surface area contributed by atoms with Crippen molar-refractivity contribution in [2.24, 2.45) is 5.73 Å². The van der Waals surface area contributed by atoms with Crippen LogP contribution >= 0.6 is 12.6 Å². The predicted molar refractivity (Wildman–Crippen MR) is 60.6 cm³/mol. The van der Waals surface area contributed by atoms with Crippen LogP contribution in [0, 0.1) is 11.8 Å². The Morgan fingerprint density at radius 2 is 2.00 bits per heavy atom. The molecular weight excluding hydrogens is 194 g/mol. The number of hydrogen-bond donors (Lipinski definition) is 2. The molecular formula is C11H11NOS. The van der Waals surface area contributed by atoms with E-state index in [1.807, 2.05) is 0 Å². The molecule has 0 saturated heterocycles. The zero-order valence-corrected chi connectivity index (χ0v) is 8.55. The van der Waals surface area contributed by atoms with Crippen molar-refractivity contribution < 1.29 is 4.79 Å². The maximum atomic E-state index is 11.2. The summed E-state index contributed by atoms with van der Waals surface area (Å²) in [6, 6.07) is 7.08. The van der Waals surface area contributed by atoms with Gasteiger partial charge in [0, 0.05) is 11.1 Å². The van der Waals surface area contributed by atoms with Gasteiger partial charge < -0.3 is 5.73 Å². The molecule has 0 radical (unpaired) electrons. The maximum Gasteiger partial charge on any atom is 0.176 e. The van der Waals surface area contributed by atoms with Gasteiger partial charge in [0.1, 0.15) is 0 Å². The minimum atomic E-state index is -0.0568. The molecule has 0 unspecified atom stereocenters. The van der Waals surface area contributed by atoms with E-state index in [0.717, 1.165) is 5.56 Å². The van der Waals surface area contributed by atoms with Gasteiger partial charge in [-0.15, -0.1) is 0 Å². The van der Waals surface area contributed by atoms with Crippen LogP contribution in [0.25, 0.3) is 0 Å². The number of ketones is 1. The molecule has 1 rings (SSSR count). The van der Waals surface area contributed by atoms with E-state index in [1.54, 1.807) is 24.3 Å². The van der Waals surface area contributed by atoms with E-state index in [1.165, 1.54) is 0 Å². The van der Waals surface area contributed by atoms with Crippen molar-refractivity contribution in [1.29, 1.82) is 0 Å². The predicted octanol–water partition coefficient (Wildman–Crippen LogP) is 1.11. The molecule has 0 aliphatic heterocycles. The normalized spacial score (nSPS) is 9.00. The number of Topliss-reactive ketones (excluding diaryl/α,β-unsaturated/α-hetero) is 1. The Kier molecular flexibility index (Phi) is 4.24. The minimum absolute atomic E-state index is 0.0433. The van der Waals surface area contributed by atoms with Crippen molar-refractivity contribution in [1.82, 2.24) is 0 Å². The number of thiol groups is 1. The van der Waals surface area contributed by atoms with Crippen LogP contribution in [0.5, 0.6) is 0 Å². The quantitative estimate of drug-likeness (QED) is 0.431. The largest absolute Gasteiger partial charge is 0.324 e. The third-order valence-electron chi connectivity index (χ3n) is 1.70. The fraction of sp³-hybridized carbons (Fsp3) is 0.182. The summed E-state index contributed by atoms with van der Waals surface area (Å²) in [5, 5.41) is 0. The van der Waals surface area contributed by atoms with Crippen LogP contribution in [0.15, 0.2) is 24.3 Å². The van der Waals surface area contributed by atoms with Crippen LogP contribution in [0.4, 0.5) is 0 Å². The van der Waals surface area contributed by atoms with E-state index < -0.39 is 0 Å². The third kappa shape index (κ3) is 2.91. The van der Waals surface area contributed by atoms with Gasteiger partial charge in [0.05, 0.1) is 12.3 Å². The Morgan fingerprint density at radius 3 is 2.50 bits per heavy atom. The van der Waals surface area contributed by atoms with Crippen LogP contribution in [-0.2, 0) is 0 Å². The highest BCUT2D eigenvalue weighted by atomic mass is 32.1. The van der Waals surface area contributed by atoms with Crippen LogP contribution in [0.3, 0.4) is 0 Å². The number of hydrogen-bond acceptors (Lipinski definition) is 3. The van der Waals surface area contributed by atoms with E-state index in [2.05, 4.69) is 24.5 Å². The molecule has 1 aromatic rings. The van der Waals surface area contributed by atoms with Crippen molar-refractivity contribution >= 4 is 18.4 Å². The Bertz CT molecular complexity index is 373. The van der Waals surface area contributed by atoms with Gasteiger partial charge in [-0.25, -0.2) is 0 Å². The minimum Gasteiger partial charge on any atom is -0.324 e. The van der Waals surface area contributed by atoms with Crippen molar-refractivity contribution in [3.05, 3.63) is 35.4 Å². The summed E-state index contributed by atoms with van der Waals surface area (Å²) in [4.78, 5) is 11.2. The first-order chi connectivity index (χ1) is 6.77. The molecule has 1 aromatic carbocycles. The molecule has 14 heavy (non-hydrogen) atoms. The summed E-state index contributed by atoms with van der Waals surface area (Å²) in [7, 11) is 0.